The van der Waals surface area contributed by atoms with Crippen LogP contribution in [0.25, 0.3) is 0 Å². The zero-order valence-electron chi connectivity index (χ0n) is 16.9. The van der Waals surface area contributed by atoms with E-state index in [9.17, 15) is 9.59 Å². The molecule has 0 saturated carbocycles. The minimum absolute atomic E-state index is 0.119. The Balaban J connectivity index is 1.43. The third-order valence-corrected chi connectivity index (χ3v) is 5.60. The van der Waals surface area contributed by atoms with Crippen molar-refractivity contribution in [3.8, 4) is 6.07 Å². The van der Waals surface area contributed by atoms with Gasteiger partial charge in [-0.05, 0) is 29.8 Å². The molecule has 156 valence electrons. The van der Waals surface area contributed by atoms with Gasteiger partial charge in [-0.25, -0.2) is 0 Å². The highest BCUT2D eigenvalue weighted by Crippen LogP contribution is 2.16. The molecule has 1 aliphatic heterocycles. The van der Waals surface area contributed by atoms with Crippen LogP contribution in [0.4, 0.5) is 5.69 Å². The van der Waals surface area contributed by atoms with Gasteiger partial charge in [0.05, 0.1) is 30.6 Å². The highest BCUT2D eigenvalue weighted by molar-refractivity contribution is 6.39. The number of nitrogens with zero attached hydrogens (tertiary/aromatic N) is 1. The molecule has 3 N–H and O–H groups in total. The molecular weight excluding hydrogens is 392 g/mol. The van der Waals surface area contributed by atoms with Crippen molar-refractivity contribution >= 4 is 17.5 Å². The first-order valence-electron chi connectivity index (χ1n) is 10.2. The highest BCUT2D eigenvalue weighted by Gasteiger charge is 2.31. The number of hydrogen-bond acceptors (Lipinski definition) is 4. The molecule has 0 saturated heterocycles. The number of fused-ring (bicyclic) bond motifs is 1. The van der Waals surface area contributed by atoms with E-state index in [-0.39, 0.29) is 12.6 Å². The summed E-state index contributed by atoms with van der Waals surface area (Å²) in [6.45, 7) is 1.98. The molecule has 1 aliphatic rings. The fraction of sp³-hybridized carbons (Fsp3) is 0.208. The zero-order chi connectivity index (χ0) is 21.6. The van der Waals surface area contributed by atoms with E-state index in [2.05, 4.69) is 28.8 Å². The molecule has 1 aromatic heterocycles. The van der Waals surface area contributed by atoms with E-state index < -0.39 is 11.8 Å². The number of nitrogens with one attached hydrogen (secondary N) is 3. The van der Waals surface area contributed by atoms with Gasteiger partial charge in [-0.3, -0.25) is 9.59 Å². The number of furan rings is 1. The number of benzene rings is 2. The van der Waals surface area contributed by atoms with Crippen molar-refractivity contribution in [3.63, 3.8) is 0 Å². The predicted octanol–water partition coefficient (Wildman–Crippen LogP) is 1.59. The Morgan fingerprint density at radius 1 is 1.03 bits per heavy atom. The maximum Gasteiger partial charge on any atom is 0.313 e. The second-order valence-corrected chi connectivity index (χ2v) is 7.49. The van der Waals surface area contributed by atoms with E-state index in [1.807, 2.05) is 24.3 Å². The summed E-state index contributed by atoms with van der Waals surface area (Å²) in [4.78, 5) is 26.1. The molecule has 0 fully saturated rings. The lowest BCUT2D eigenvalue weighted by Gasteiger charge is -2.31. The van der Waals surface area contributed by atoms with Crippen LogP contribution in [0.15, 0.2) is 71.3 Å². The predicted molar refractivity (Wildman–Crippen MR) is 114 cm³/mol. The van der Waals surface area contributed by atoms with Crippen molar-refractivity contribution in [1.29, 1.82) is 5.26 Å². The molecular formula is C24H23N4O3+. The molecule has 4 rings (SSSR count). The second-order valence-electron chi connectivity index (χ2n) is 7.49. The first-order chi connectivity index (χ1) is 15.2. The van der Waals surface area contributed by atoms with Gasteiger partial charge in [-0.15, -0.1) is 0 Å². The maximum absolute atomic E-state index is 12.5. The zero-order valence-corrected chi connectivity index (χ0v) is 16.9. The molecule has 0 aliphatic carbocycles. The molecule has 2 heterocycles. The van der Waals surface area contributed by atoms with Crippen LogP contribution in [-0.2, 0) is 22.6 Å². The van der Waals surface area contributed by atoms with Gasteiger partial charge in [0.1, 0.15) is 12.6 Å². The quantitative estimate of drug-likeness (QED) is 0.551. The Bertz CT molecular complexity index is 1120. The third-order valence-electron chi connectivity index (χ3n) is 5.60. The Kier molecular flexibility index (Phi) is 6.11. The van der Waals surface area contributed by atoms with Gasteiger partial charge in [0.15, 0.2) is 11.8 Å². The van der Waals surface area contributed by atoms with E-state index in [0.29, 0.717) is 11.3 Å². The summed E-state index contributed by atoms with van der Waals surface area (Å²) in [6, 6.07) is 20.5. The molecule has 3 aromatic rings. The van der Waals surface area contributed by atoms with Crippen LogP contribution < -0.4 is 15.5 Å². The summed E-state index contributed by atoms with van der Waals surface area (Å²) in [6.07, 6.45) is 2.56. The molecule has 2 atom stereocenters. The van der Waals surface area contributed by atoms with Gasteiger partial charge in [0, 0.05) is 12.0 Å². The lowest BCUT2D eigenvalue weighted by atomic mass is 9.98. The molecule has 31 heavy (non-hydrogen) atoms. The van der Waals surface area contributed by atoms with Gasteiger partial charge in [0.25, 0.3) is 0 Å². The molecule has 0 bridgehead atoms. The number of carbonyl (C=O) groups is 2. The van der Waals surface area contributed by atoms with Crippen LogP contribution in [0.5, 0.6) is 0 Å². The summed E-state index contributed by atoms with van der Waals surface area (Å²) in [5.74, 6) is -0.786. The van der Waals surface area contributed by atoms with Crippen LogP contribution in [0.3, 0.4) is 0 Å². The Labute approximate surface area is 180 Å². The summed E-state index contributed by atoms with van der Waals surface area (Å²) >= 11 is 0. The van der Waals surface area contributed by atoms with E-state index in [1.54, 1.807) is 30.5 Å². The van der Waals surface area contributed by atoms with Crippen LogP contribution >= 0.6 is 0 Å². The standard InChI is InChI=1S/C24H22N4O3/c25-14-18-7-3-4-9-20(18)27-24(30)23(29)26-15-21(22-10-5-13-31-22)28-12-11-17-6-1-2-8-19(17)16-28/h1-10,13,21H,11-12,15-16H2,(H,26,29)(H,27,30)/p+1/t21-/m0/s1. The normalized spacial score (nSPS) is 15.9. The number of anilines is 1. The molecule has 7 nitrogen and oxygen atoms in total. The molecule has 7 heteroatoms. The topological polar surface area (TPSA) is 99.6 Å². The van der Waals surface area contributed by atoms with Crippen molar-refractivity contribution in [2.75, 3.05) is 18.4 Å². The lowest BCUT2D eigenvalue weighted by molar-refractivity contribution is -0.946. The fourth-order valence-electron chi connectivity index (χ4n) is 3.98. The van der Waals surface area contributed by atoms with E-state index in [4.69, 9.17) is 9.68 Å². The minimum atomic E-state index is -0.806. The monoisotopic (exact) mass is 415 g/mol. The van der Waals surface area contributed by atoms with Crippen molar-refractivity contribution in [1.82, 2.24) is 5.32 Å². The van der Waals surface area contributed by atoms with Crippen LogP contribution in [-0.4, -0.2) is 24.9 Å². The number of carbonyl (C=O) groups excluding carboxylic acids is 2. The van der Waals surface area contributed by atoms with Crippen molar-refractivity contribution in [2.45, 2.75) is 19.0 Å². The highest BCUT2D eigenvalue weighted by atomic mass is 16.3. The van der Waals surface area contributed by atoms with Gasteiger partial charge in [-0.2, -0.15) is 5.26 Å². The molecule has 0 radical (unpaired) electrons. The minimum Gasteiger partial charge on any atom is -0.463 e. The SMILES string of the molecule is N#Cc1ccccc1NC(=O)C(=O)NC[C@@H](c1ccco1)[NH+]1CCc2ccccc2C1. The fourth-order valence-corrected chi connectivity index (χ4v) is 3.98. The number of quaternary nitrogens is 1. The third kappa shape index (κ3) is 4.65. The Hall–Kier alpha value is -3.89. The number of hydrogen-bond donors (Lipinski definition) is 3. The number of amides is 2. The van der Waals surface area contributed by atoms with Crippen LogP contribution in [0, 0.1) is 11.3 Å². The average Bonchev–Trinajstić information content (AvgIpc) is 3.34. The summed E-state index contributed by atoms with van der Waals surface area (Å²) in [5.41, 5.74) is 3.25. The van der Waals surface area contributed by atoms with Crippen molar-refractivity contribution in [3.05, 3.63) is 89.4 Å². The van der Waals surface area contributed by atoms with E-state index in [0.717, 1.165) is 25.3 Å². The van der Waals surface area contributed by atoms with Gasteiger partial charge in [-0.1, -0.05) is 36.4 Å². The maximum atomic E-state index is 12.5. The second kappa shape index (κ2) is 9.28. The van der Waals surface area contributed by atoms with Crippen molar-refractivity contribution in [2.24, 2.45) is 0 Å². The number of rotatable bonds is 5. The van der Waals surface area contributed by atoms with E-state index >= 15 is 0 Å². The number of nitriles is 1. The first-order valence-corrected chi connectivity index (χ1v) is 10.2. The molecule has 0 spiro atoms. The summed E-state index contributed by atoms with van der Waals surface area (Å²) in [5, 5.41) is 14.4. The number of para-hydroxylation sites is 1. The van der Waals surface area contributed by atoms with Crippen LogP contribution in [0.2, 0.25) is 0 Å². The molecule has 2 aromatic carbocycles. The van der Waals surface area contributed by atoms with E-state index in [1.165, 1.54) is 16.0 Å². The van der Waals surface area contributed by atoms with Gasteiger partial charge < -0.3 is 20.0 Å². The first kappa shape index (κ1) is 20.4. The van der Waals surface area contributed by atoms with Crippen LogP contribution in [0.1, 0.15) is 28.5 Å². The van der Waals surface area contributed by atoms with Gasteiger partial charge >= 0.3 is 11.8 Å². The Morgan fingerprint density at radius 2 is 1.81 bits per heavy atom. The largest absolute Gasteiger partial charge is 0.463 e. The Morgan fingerprint density at radius 3 is 2.58 bits per heavy atom. The summed E-state index contributed by atoms with van der Waals surface area (Å²) in [7, 11) is 0. The molecule has 2 amide bonds. The van der Waals surface area contributed by atoms with Gasteiger partial charge in [0.2, 0.25) is 0 Å². The smallest absolute Gasteiger partial charge is 0.313 e. The summed E-state index contributed by atoms with van der Waals surface area (Å²) < 4.78 is 5.65. The average molecular weight is 415 g/mol. The van der Waals surface area contributed by atoms with Crippen molar-refractivity contribution < 1.29 is 18.9 Å². The molecule has 1 unspecified atom stereocenters. The lowest BCUT2D eigenvalue weighted by Crippen LogP contribution is -3.12.